The highest BCUT2D eigenvalue weighted by molar-refractivity contribution is 5.92. The lowest BCUT2D eigenvalue weighted by Crippen LogP contribution is -2.57. The smallest absolute Gasteiger partial charge is 0.326 e. The zero-order chi connectivity index (χ0) is 21.3. The number of aliphatic hydroxyl groups excluding tert-OH is 1. The van der Waals surface area contributed by atoms with E-state index >= 15 is 0 Å². The first-order valence-corrected chi connectivity index (χ1v) is 8.90. The molecule has 0 radical (unpaired) electrons. The number of nitrogens with one attached hydrogen (secondary N) is 3. The number of hydrogen-bond donors (Lipinski definition) is 6. The molecule has 0 rings (SSSR count). The lowest BCUT2D eigenvalue weighted by atomic mass is 10.0. The minimum absolute atomic E-state index is 0.0691. The quantitative estimate of drug-likeness (QED) is 0.252. The Kier molecular flexibility index (Phi) is 10.6. The van der Waals surface area contributed by atoms with Gasteiger partial charge in [-0.25, -0.2) is 4.79 Å². The van der Waals surface area contributed by atoms with Crippen LogP contribution in [-0.4, -0.2) is 64.7 Å². The van der Waals surface area contributed by atoms with E-state index in [0.29, 0.717) is 0 Å². The average molecular weight is 388 g/mol. The normalized spacial score (nSPS) is 15.6. The van der Waals surface area contributed by atoms with E-state index < -0.39 is 54.5 Å². The molecule has 0 aliphatic carbocycles. The summed E-state index contributed by atoms with van der Waals surface area (Å²) < 4.78 is 0. The standard InChI is InChI=1S/C17H32N4O6/c1-8(2)6-11(17(26)27)20-12(23)7-19-16(25)14(9(3)4)21-15(24)13(18)10(5)22/h8-11,13-14,22H,6-7,18H2,1-5H3,(H,19,25)(H,20,23)(H,21,24)(H,26,27). The maximum atomic E-state index is 12.3. The average Bonchev–Trinajstić information content (AvgIpc) is 2.54. The molecule has 10 nitrogen and oxygen atoms in total. The van der Waals surface area contributed by atoms with Crippen LogP contribution in [-0.2, 0) is 19.2 Å². The van der Waals surface area contributed by atoms with Crippen molar-refractivity contribution in [2.75, 3.05) is 6.54 Å². The van der Waals surface area contributed by atoms with Gasteiger partial charge >= 0.3 is 5.97 Å². The summed E-state index contributed by atoms with van der Waals surface area (Å²) in [5, 5.41) is 25.7. The number of amides is 3. The van der Waals surface area contributed by atoms with Gasteiger partial charge in [0, 0.05) is 0 Å². The van der Waals surface area contributed by atoms with Gasteiger partial charge in [-0.1, -0.05) is 27.7 Å². The lowest BCUT2D eigenvalue weighted by Gasteiger charge is -2.24. The van der Waals surface area contributed by atoms with Crippen LogP contribution in [0, 0.1) is 11.8 Å². The van der Waals surface area contributed by atoms with Crippen LogP contribution in [0.5, 0.6) is 0 Å². The second kappa shape index (κ2) is 11.5. The predicted octanol–water partition coefficient (Wildman–Crippen LogP) is -1.43. The highest BCUT2D eigenvalue weighted by atomic mass is 16.4. The summed E-state index contributed by atoms with van der Waals surface area (Å²) in [7, 11) is 0. The van der Waals surface area contributed by atoms with E-state index in [1.165, 1.54) is 6.92 Å². The van der Waals surface area contributed by atoms with Crippen molar-refractivity contribution in [1.82, 2.24) is 16.0 Å². The lowest BCUT2D eigenvalue weighted by molar-refractivity contribution is -0.142. The molecule has 7 N–H and O–H groups in total. The molecule has 156 valence electrons. The molecule has 0 saturated carbocycles. The SMILES string of the molecule is CC(C)CC(NC(=O)CNC(=O)C(NC(=O)C(N)C(C)O)C(C)C)C(=O)O. The number of carbonyl (C=O) groups excluding carboxylic acids is 3. The number of rotatable bonds is 11. The molecule has 0 aliphatic rings. The first-order valence-electron chi connectivity index (χ1n) is 8.90. The fraction of sp³-hybridized carbons (Fsp3) is 0.765. The van der Waals surface area contributed by atoms with Gasteiger partial charge in [0.05, 0.1) is 12.6 Å². The molecule has 10 heteroatoms. The molecule has 3 amide bonds. The summed E-state index contributed by atoms with van der Waals surface area (Å²) >= 11 is 0. The van der Waals surface area contributed by atoms with Crippen molar-refractivity contribution in [3.8, 4) is 0 Å². The van der Waals surface area contributed by atoms with E-state index in [-0.39, 0.29) is 18.3 Å². The van der Waals surface area contributed by atoms with Crippen molar-refractivity contribution in [3.05, 3.63) is 0 Å². The van der Waals surface area contributed by atoms with Gasteiger partial charge in [-0.2, -0.15) is 0 Å². The Morgan fingerprint density at radius 3 is 1.93 bits per heavy atom. The third-order valence-electron chi connectivity index (χ3n) is 3.83. The molecular weight excluding hydrogens is 356 g/mol. The molecule has 27 heavy (non-hydrogen) atoms. The molecule has 4 unspecified atom stereocenters. The van der Waals surface area contributed by atoms with Gasteiger partial charge < -0.3 is 31.9 Å². The van der Waals surface area contributed by atoms with Crippen molar-refractivity contribution >= 4 is 23.7 Å². The minimum atomic E-state index is -1.19. The van der Waals surface area contributed by atoms with E-state index in [4.69, 9.17) is 10.8 Å². The van der Waals surface area contributed by atoms with Crippen molar-refractivity contribution in [3.63, 3.8) is 0 Å². The molecule has 0 aromatic heterocycles. The summed E-state index contributed by atoms with van der Waals surface area (Å²) in [6.45, 7) is 7.98. The van der Waals surface area contributed by atoms with Crippen LogP contribution in [0.2, 0.25) is 0 Å². The summed E-state index contributed by atoms with van der Waals surface area (Å²) in [5.74, 6) is -3.33. The molecule has 0 bridgehead atoms. The Bertz CT molecular complexity index is 536. The van der Waals surface area contributed by atoms with Gasteiger partial charge in [-0.3, -0.25) is 14.4 Å². The molecule has 0 aromatic carbocycles. The molecule has 0 heterocycles. The van der Waals surface area contributed by atoms with Crippen LogP contribution in [0.1, 0.15) is 41.0 Å². The van der Waals surface area contributed by atoms with Crippen molar-refractivity contribution < 1.29 is 29.4 Å². The topological polar surface area (TPSA) is 171 Å². The highest BCUT2D eigenvalue weighted by Crippen LogP contribution is 2.05. The largest absolute Gasteiger partial charge is 0.480 e. The van der Waals surface area contributed by atoms with Gasteiger partial charge in [0.2, 0.25) is 17.7 Å². The Hall–Kier alpha value is -2.20. The van der Waals surface area contributed by atoms with Gasteiger partial charge in [0.25, 0.3) is 0 Å². The first-order chi connectivity index (χ1) is 12.4. The Morgan fingerprint density at radius 1 is 0.963 bits per heavy atom. The zero-order valence-electron chi connectivity index (χ0n) is 16.5. The van der Waals surface area contributed by atoms with Gasteiger partial charge in [-0.15, -0.1) is 0 Å². The van der Waals surface area contributed by atoms with E-state index in [1.54, 1.807) is 13.8 Å². The maximum Gasteiger partial charge on any atom is 0.326 e. The second-order valence-electron chi connectivity index (χ2n) is 7.30. The summed E-state index contributed by atoms with van der Waals surface area (Å²) in [5.41, 5.74) is 5.54. The van der Waals surface area contributed by atoms with Gasteiger partial charge in [0.15, 0.2) is 0 Å². The van der Waals surface area contributed by atoms with Gasteiger partial charge in [-0.05, 0) is 25.2 Å². The van der Waals surface area contributed by atoms with Crippen LogP contribution in [0.15, 0.2) is 0 Å². The molecule has 4 atom stereocenters. The number of carboxylic acids is 1. The van der Waals surface area contributed by atoms with Crippen molar-refractivity contribution in [2.45, 2.75) is 65.3 Å². The first kappa shape index (κ1) is 24.8. The van der Waals surface area contributed by atoms with E-state index in [9.17, 15) is 24.3 Å². The Morgan fingerprint density at radius 2 is 1.52 bits per heavy atom. The van der Waals surface area contributed by atoms with Crippen LogP contribution in [0.4, 0.5) is 0 Å². The molecular formula is C17H32N4O6. The molecule has 0 aromatic rings. The number of carbonyl (C=O) groups is 4. The van der Waals surface area contributed by atoms with Crippen molar-refractivity contribution in [1.29, 1.82) is 0 Å². The van der Waals surface area contributed by atoms with Crippen LogP contribution in [0.3, 0.4) is 0 Å². The number of aliphatic carboxylic acids is 1. The monoisotopic (exact) mass is 388 g/mol. The second-order valence-corrected chi connectivity index (χ2v) is 7.30. The third kappa shape index (κ3) is 9.34. The zero-order valence-corrected chi connectivity index (χ0v) is 16.5. The highest BCUT2D eigenvalue weighted by Gasteiger charge is 2.28. The molecule has 0 saturated heterocycles. The van der Waals surface area contributed by atoms with E-state index in [1.807, 2.05) is 13.8 Å². The number of carboxylic acid groups (broad SMARTS) is 1. The molecule has 0 fully saturated rings. The van der Waals surface area contributed by atoms with Crippen molar-refractivity contribution in [2.24, 2.45) is 17.6 Å². The van der Waals surface area contributed by atoms with Crippen LogP contribution >= 0.6 is 0 Å². The van der Waals surface area contributed by atoms with E-state index in [2.05, 4.69) is 16.0 Å². The summed E-state index contributed by atoms with van der Waals surface area (Å²) in [4.78, 5) is 47.3. The Labute approximate surface area is 159 Å². The van der Waals surface area contributed by atoms with Gasteiger partial charge in [0.1, 0.15) is 18.1 Å². The fourth-order valence-corrected chi connectivity index (χ4v) is 2.22. The Balaban J connectivity index is 4.75. The summed E-state index contributed by atoms with van der Waals surface area (Å²) in [6.07, 6.45) is -0.822. The van der Waals surface area contributed by atoms with Crippen LogP contribution in [0.25, 0.3) is 0 Å². The predicted molar refractivity (Wildman–Crippen MR) is 98.5 cm³/mol. The number of hydrogen-bond acceptors (Lipinski definition) is 6. The summed E-state index contributed by atoms with van der Waals surface area (Å²) in [6, 6.07) is -3.19. The van der Waals surface area contributed by atoms with E-state index in [0.717, 1.165) is 0 Å². The number of aliphatic hydroxyl groups is 1. The fourth-order valence-electron chi connectivity index (χ4n) is 2.22. The van der Waals surface area contributed by atoms with Crippen LogP contribution < -0.4 is 21.7 Å². The minimum Gasteiger partial charge on any atom is -0.480 e. The third-order valence-corrected chi connectivity index (χ3v) is 3.83. The molecule has 0 spiro atoms. The number of nitrogens with two attached hydrogens (primary N) is 1. The maximum absolute atomic E-state index is 12.3. The molecule has 0 aliphatic heterocycles.